The van der Waals surface area contributed by atoms with Crippen LogP contribution in [0.4, 0.5) is 0 Å². The van der Waals surface area contributed by atoms with E-state index in [0.717, 1.165) is 83.5 Å². The fourth-order valence-corrected chi connectivity index (χ4v) is 8.59. The summed E-state index contributed by atoms with van der Waals surface area (Å²) in [7, 11) is 0. The molecule has 0 fully saturated rings. The van der Waals surface area contributed by atoms with Crippen molar-refractivity contribution in [2.45, 2.75) is 302 Å². The van der Waals surface area contributed by atoms with E-state index in [0.29, 0.717) is 19.3 Å². The summed E-state index contributed by atoms with van der Waals surface area (Å²) in [6.07, 6.45) is 71.1. The number of esters is 1. The zero-order chi connectivity index (χ0) is 49.5. The first-order valence-corrected chi connectivity index (χ1v) is 29.2. The largest absolute Gasteiger partial charge is 0.462 e. The summed E-state index contributed by atoms with van der Waals surface area (Å²) in [5.41, 5.74) is 0. The van der Waals surface area contributed by atoms with Gasteiger partial charge in [-0.3, -0.25) is 9.59 Å². The van der Waals surface area contributed by atoms with Gasteiger partial charge in [-0.05, 0) is 89.9 Å². The number of aliphatic hydroxyl groups excluding tert-OH is 2. The van der Waals surface area contributed by atoms with Gasteiger partial charge < -0.3 is 20.3 Å². The second-order valence-electron chi connectivity index (χ2n) is 19.7. The van der Waals surface area contributed by atoms with Gasteiger partial charge >= 0.3 is 5.97 Å². The smallest absolute Gasteiger partial charge is 0.306 e. The minimum absolute atomic E-state index is 0.0299. The molecule has 1 amide bonds. The number of allylic oxidation sites excluding steroid dienone is 12. The lowest BCUT2D eigenvalue weighted by molar-refractivity contribution is -0.151. The Labute approximate surface area is 421 Å². The van der Waals surface area contributed by atoms with Crippen LogP contribution >= 0.6 is 0 Å². The zero-order valence-corrected chi connectivity index (χ0v) is 45.0. The minimum atomic E-state index is -0.809. The Morgan fingerprint density at radius 1 is 0.441 bits per heavy atom. The molecule has 0 spiro atoms. The lowest BCUT2D eigenvalue weighted by Gasteiger charge is -2.24. The number of rotatable bonds is 52. The normalized spacial score (nSPS) is 13.7. The van der Waals surface area contributed by atoms with Gasteiger partial charge in [0.05, 0.1) is 25.2 Å². The van der Waals surface area contributed by atoms with Crippen LogP contribution in [0.3, 0.4) is 0 Å². The minimum Gasteiger partial charge on any atom is -0.462 e. The topological polar surface area (TPSA) is 95.9 Å². The Morgan fingerprint density at radius 3 is 1.28 bits per heavy atom. The standard InChI is InChI=1S/C62H111NO5/c1-4-7-10-13-16-19-22-25-28-30-31-32-34-37-40-43-46-49-52-55-62(67)68-58(53-50-47-44-41-38-35-27-24-21-18-15-12-9-6-3)56-61(66)63-59(57-64)60(65)54-51-48-45-42-39-36-33-29-26-23-20-17-14-11-8-5-2/h16,19,25,28,31-32,35,37-38,40-41,44,58-60,64-65H,4-15,17-18,20-24,26-27,29-30,33-34,36,39,42-43,45-57H2,1-3H3,(H,63,66)/b19-16-,28-25-,32-31-,38-35+,40-37-,44-41+. The van der Waals surface area contributed by atoms with E-state index in [9.17, 15) is 19.8 Å². The van der Waals surface area contributed by atoms with Gasteiger partial charge in [-0.25, -0.2) is 0 Å². The second-order valence-corrected chi connectivity index (χ2v) is 19.7. The van der Waals surface area contributed by atoms with Crippen LogP contribution in [-0.4, -0.2) is 46.9 Å². The predicted octanol–water partition coefficient (Wildman–Crippen LogP) is 18.1. The number of carbonyl (C=O) groups is 2. The van der Waals surface area contributed by atoms with Crippen molar-refractivity contribution >= 4 is 11.9 Å². The maximum absolute atomic E-state index is 13.3. The third-order valence-electron chi connectivity index (χ3n) is 13.0. The van der Waals surface area contributed by atoms with Crippen LogP contribution in [0.25, 0.3) is 0 Å². The van der Waals surface area contributed by atoms with E-state index in [4.69, 9.17) is 4.74 Å². The zero-order valence-electron chi connectivity index (χ0n) is 45.0. The summed E-state index contributed by atoms with van der Waals surface area (Å²) in [5, 5.41) is 23.9. The molecule has 0 saturated carbocycles. The molecule has 68 heavy (non-hydrogen) atoms. The van der Waals surface area contributed by atoms with Crippen LogP contribution in [0.1, 0.15) is 284 Å². The van der Waals surface area contributed by atoms with Crippen LogP contribution in [0.5, 0.6) is 0 Å². The predicted molar refractivity (Wildman–Crippen MR) is 296 cm³/mol. The first kappa shape index (κ1) is 65.3. The van der Waals surface area contributed by atoms with Gasteiger partial charge in [0.15, 0.2) is 0 Å². The molecule has 6 heteroatoms. The highest BCUT2D eigenvalue weighted by Crippen LogP contribution is 2.17. The molecule has 0 radical (unpaired) electrons. The van der Waals surface area contributed by atoms with Gasteiger partial charge in [-0.2, -0.15) is 0 Å². The van der Waals surface area contributed by atoms with Crippen molar-refractivity contribution in [1.29, 1.82) is 0 Å². The van der Waals surface area contributed by atoms with Gasteiger partial charge in [-0.15, -0.1) is 0 Å². The molecule has 0 bridgehead atoms. The van der Waals surface area contributed by atoms with Gasteiger partial charge in [0.1, 0.15) is 6.10 Å². The Hall–Kier alpha value is -2.70. The molecule has 6 nitrogen and oxygen atoms in total. The summed E-state index contributed by atoms with van der Waals surface area (Å²) < 4.78 is 5.92. The maximum Gasteiger partial charge on any atom is 0.306 e. The quantitative estimate of drug-likeness (QED) is 0.0244. The van der Waals surface area contributed by atoms with E-state index in [2.05, 4.69) is 99.0 Å². The molecule has 0 aromatic heterocycles. The van der Waals surface area contributed by atoms with Gasteiger partial charge in [0, 0.05) is 6.42 Å². The average Bonchev–Trinajstić information content (AvgIpc) is 3.33. The summed E-state index contributed by atoms with van der Waals surface area (Å²) in [6, 6.07) is -0.726. The Bertz CT molecular complexity index is 1250. The van der Waals surface area contributed by atoms with Crippen molar-refractivity contribution in [1.82, 2.24) is 5.32 Å². The number of carbonyl (C=O) groups excluding carboxylic acids is 2. The fourth-order valence-electron chi connectivity index (χ4n) is 8.59. The highest BCUT2D eigenvalue weighted by atomic mass is 16.5. The highest BCUT2D eigenvalue weighted by molar-refractivity contribution is 5.77. The van der Waals surface area contributed by atoms with Crippen molar-refractivity contribution in [2.24, 2.45) is 0 Å². The number of hydrogen-bond donors (Lipinski definition) is 3. The lowest BCUT2D eigenvalue weighted by atomic mass is 10.0. The number of hydrogen-bond acceptors (Lipinski definition) is 5. The number of nitrogens with one attached hydrogen (secondary N) is 1. The van der Waals surface area contributed by atoms with E-state index in [1.54, 1.807) is 0 Å². The van der Waals surface area contributed by atoms with Gasteiger partial charge in [0.25, 0.3) is 0 Å². The third kappa shape index (κ3) is 49.7. The molecule has 0 aromatic carbocycles. The number of unbranched alkanes of at least 4 members (excludes halogenated alkanes) is 29. The van der Waals surface area contributed by atoms with Crippen LogP contribution in [-0.2, 0) is 14.3 Å². The Balaban J connectivity index is 4.64. The van der Waals surface area contributed by atoms with E-state index in [1.165, 1.54) is 154 Å². The number of amides is 1. The summed E-state index contributed by atoms with van der Waals surface area (Å²) >= 11 is 0. The molecule has 0 aliphatic carbocycles. The van der Waals surface area contributed by atoms with E-state index in [1.807, 2.05) is 0 Å². The van der Waals surface area contributed by atoms with E-state index in [-0.39, 0.29) is 24.9 Å². The van der Waals surface area contributed by atoms with Crippen LogP contribution in [0, 0.1) is 0 Å². The molecule has 3 unspecified atom stereocenters. The maximum atomic E-state index is 13.3. The van der Waals surface area contributed by atoms with Crippen molar-refractivity contribution in [3.63, 3.8) is 0 Å². The van der Waals surface area contributed by atoms with Crippen molar-refractivity contribution < 1.29 is 24.5 Å². The van der Waals surface area contributed by atoms with Crippen molar-refractivity contribution in [2.75, 3.05) is 6.61 Å². The SMILES string of the molecule is CCCCC/C=C\C/C=C\C/C=C\C/C=C\CCCCCC(=O)OC(CCC/C=C/C=C/CCCCCCCCC)CC(=O)NC(CO)C(O)CCCCCCCCCCCCCCCCCC. The molecule has 0 aliphatic heterocycles. The summed E-state index contributed by atoms with van der Waals surface area (Å²) in [6.45, 7) is 6.45. The van der Waals surface area contributed by atoms with Crippen LogP contribution < -0.4 is 5.32 Å². The monoisotopic (exact) mass is 950 g/mol. The van der Waals surface area contributed by atoms with Crippen LogP contribution in [0.15, 0.2) is 72.9 Å². The molecule has 0 aromatic rings. The van der Waals surface area contributed by atoms with E-state index < -0.39 is 18.2 Å². The molecule has 0 aliphatic rings. The molecule has 0 saturated heterocycles. The third-order valence-corrected chi connectivity index (χ3v) is 13.0. The molecule has 3 N–H and O–H groups in total. The Kier molecular flexibility index (Phi) is 53.0. The van der Waals surface area contributed by atoms with Crippen molar-refractivity contribution in [3.8, 4) is 0 Å². The summed E-state index contributed by atoms with van der Waals surface area (Å²) in [4.78, 5) is 26.3. The average molecular weight is 951 g/mol. The van der Waals surface area contributed by atoms with Gasteiger partial charge in [-0.1, -0.05) is 254 Å². The highest BCUT2D eigenvalue weighted by Gasteiger charge is 2.24. The molecule has 394 valence electrons. The fraction of sp³-hybridized carbons (Fsp3) is 0.774. The number of ether oxygens (including phenoxy) is 1. The van der Waals surface area contributed by atoms with E-state index >= 15 is 0 Å². The van der Waals surface area contributed by atoms with Crippen molar-refractivity contribution in [3.05, 3.63) is 72.9 Å². The molecule has 0 rings (SSSR count). The molecular formula is C62H111NO5. The Morgan fingerprint density at radius 2 is 0.809 bits per heavy atom. The first-order valence-electron chi connectivity index (χ1n) is 29.2. The summed E-state index contributed by atoms with van der Waals surface area (Å²) in [5.74, 6) is -0.553. The molecular weight excluding hydrogens is 839 g/mol. The van der Waals surface area contributed by atoms with Crippen LogP contribution in [0.2, 0.25) is 0 Å². The first-order chi connectivity index (χ1) is 33.5. The molecule has 3 atom stereocenters. The molecule has 0 heterocycles. The lowest BCUT2D eigenvalue weighted by Crippen LogP contribution is -2.46. The van der Waals surface area contributed by atoms with Gasteiger partial charge in [0.2, 0.25) is 5.91 Å². The number of aliphatic hydroxyl groups is 2. The second kappa shape index (κ2) is 55.2.